The molecule has 3 heterocycles. The van der Waals surface area contributed by atoms with E-state index < -0.39 is 0 Å². The van der Waals surface area contributed by atoms with Gasteiger partial charge >= 0.3 is 0 Å². The van der Waals surface area contributed by atoms with Crippen molar-refractivity contribution in [1.82, 2.24) is 14.9 Å². The fourth-order valence-corrected chi connectivity index (χ4v) is 4.46. The normalized spacial score (nSPS) is 15.1. The van der Waals surface area contributed by atoms with E-state index in [1.54, 1.807) is 19.2 Å². The van der Waals surface area contributed by atoms with Gasteiger partial charge in [-0.2, -0.15) is 4.98 Å². The molecule has 0 atom stereocenters. The van der Waals surface area contributed by atoms with Gasteiger partial charge in [0.1, 0.15) is 23.6 Å². The summed E-state index contributed by atoms with van der Waals surface area (Å²) in [6, 6.07) is 8.40. The third-order valence-corrected chi connectivity index (χ3v) is 6.59. The van der Waals surface area contributed by atoms with Gasteiger partial charge in [0.05, 0.1) is 31.4 Å². The number of anilines is 3. The highest BCUT2D eigenvalue weighted by Gasteiger charge is 2.22. The van der Waals surface area contributed by atoms with Crippen molar-refractivity contribution < 1.29 is 23.3 Å². The van der Waals surface area contributed by atoms with Gasteiger partial charge in [-0.3, -0.25) is 4.90 Å². The average Bonchev–Trinajstić information content (AvgIpc) is 3.08. The lowest BCUT2D eigenvalue weighted by atomic mass is 10.1. The van der Waals surface area contributed by atoms with Gasteiger partial charge in [-0.25, -0.2) is 9.37 Å². The van der Waals surface area contributed by atoms with Crippen LogP contribution in [0.5, 0.6) is 23.1 Å². The molecule has 1 fully saturated rings. The van der Waals surface area contributed by atoms with Crippen molar-refractivity contribution in [3.8, 4) is 23.1 Å². The fraction of sp³-hybridized carbons (Fsp3) is 0.360. The predicted octanol–water partition coefficient (Wildman–Crippen LogP) is 4.95. The molecule has 2 N–H and O–H groups in total. The number of aromatic nitrogens is 2. The van der Waals surface area contributed by atoms with Crippen LogP contribution in [0.25, 0.3) is 0 Å². The zero-order chi connectivity index (χ0) is 24.9. The van der Waals surface area contributed by atoms with Crippen molar-refractivity contribution in [3.05, 3.63) is 52.5 Å². The highest BCUT2D eigenvalue weighted by atomic mass is 79.9. The predicted molar refractivity (Wildman–Crippen MR) is 137 cm³/mol. The summed E-state index contributed by atoms with van der Waals surface area (Å²) in [6.07, 6.45) is 2.32. The summed E-state index contributed by atoms with van der Waals surface area (Å²) in [5.74, 6) is 2.41. The van der Waals surface area contributed by atoms with E-state index in [0.717, 1.165) is 44.8 Å². The van der Waals surface area contributed by atoms with Gasteiger partial charge in [0, 0.05) is 43.5 Å². The molecule has 5 rings (SSSR count). The van der Waals surface area contributed by atoms with Gasteiger partial charge in [0.2, 0.25) is 5.88 Å². The van der Waals surface area contributed by atoms with Crippen molar-refractivity contribution in [2.24, 2.45) is 0 Å². The first-order valence-corrected chi connectivity index (χ1v) is 12.5. The van der Waals surface area contributed by atoms with E-state index in [1.807, 2.05) is 12.1 Å². The molecule has 0 saturated carbocycles. The number of fused-ring (bicyclic) bond motifs is 2. The second-order valence-corrected chi connectivity index (χ2v) is 9.23. The Morgan fingerprint density at radius 1 is 1.17 bits per heavy atom. The summed E-state index contributed by atoms with van der Waals surface area (Å²) in [5.41, 5.74) is 2.16. The summed E-state index contributed by atoms with van der Waals surface area (Å²) in [6.45, 7) is 5.51. The van der Waals surface area contributed by atoms with Crippen molar-refractivity contribution in [3.63, 3.8) is 0 Å². The first-order chi connectivity index (χ1) is 17.6. The topological polar surface area (TPSA) is 90.0 Å². The molecule has 3 aromatic rings. The van der Waals surface area contributed by atoms with E-state index >= 15 is 0 Å². The lowest BCUT2D eigenvalue weighted by Gasteiger charge is -2.26. The molecule has 1 aromatic heterocycles. The number of rotatable bonds is 8. The third kappa shape index (κ3) is 5.63. The molecule has 2 aromatic carbocycles. The zero-order valence-corrected chi connectivity index (χ0v) is 21.4. The quantitative estimate of drug-likeness (QED) is 0.372. The Morgan fingerprint density at radius 3 is 2.83 bits per heavy atom. The Kier molecular flexibility index (Phi) is 7.69. The minimum absolute atomic E-state index is 0.341. The Hall–Kier alpha value is -3.15. The van der Waals surface area contributed by atoms with Crippen LogP contribution >= 0.6 is 15.9 Å². The lowest BCUT2D eigenvalue weighted by molar-refractivity contribution is 0.0357. The Bertz CT molecular complexity index is 1230. The molecule has 0 bridgehead atoms. The second-order valence-electron chi connectivity index (χ2n) is 8.38. The maximum atomic E-state index is 13.6. The second kappa shape index (κ2) is 11.3. The summed E-state index contributed by atoms with van der Waals surface area (Å²) in [7, 11) is 1.61. The highest BCUT2D eigenvalue weighted by Crippen LogP contribution is 2.42. The number of morpholine rings is 1. The fourth-order valence-electron chi connectivity index (χ4n) is 4.08. The number of hydrogen-bond acceptors (Lipinski definition) is 9. The maximum absolute atomic E-state index is 13.6. The molecule has 2 aliphatic heterocycles. The Balaban J connectivity index is 1.29. The standard InChI is InChI=1S/C25H27BrFN5O4/c1-33-21-13-20-16(11-22(21)35-8-2-5-32-6-9-34-10-7-32)14-28-23-24(29-15-30-25(23)36-20)31-17-3-4-19(27)18(26)12-17/h3-4,11-13,15,28H,2,5-10,14H2,1H3,(H,29,30,31). The first kappa shape index (κ1) is 24.5. The van der Waals surface area contributed by atoms with Crippen LogP contribution in [-0.4, -0.2) is 61.4 Å². The van der Waals surface area contributed by atoms with Crippen LogP contribution in [0, 0.1) is 5.82 Å². The molecule has 2 aliphatic rings. The molecule has 1 saturated heterocycles. The zero-order valence-electron chi connectivity index (χ0n) is 19.9. The molecule has 11 heteroatoms. The summed E-state index contributed by atoms with van der Waals surface area (Å²) >= 11 is 3.21. The Morgan fingerprint density at radius 2 is 2.03 bits per heavy atom. The van der Waals surface area contributed by atoms with Crippen LogP contribution in [0.2, 0.25) is 0 Å². The van der Waals surface area contributed by atoms with Crippen molar-refractivity contribution in [1.29, 1.82) is 0 Å². The van der Waals surface area contributed by atoms with Gasteiger partial charge in [-0.1, -0.05) is 0 Å². The molecular weight excluding hydrogens is 533 g/mol. The average molecular weight is 560 g/mol. The van der Waals surface area contributed by atoms with Crippen molar-refractivity contribution in [2.75, 3.05) is 57.2 Å². The number of nitrogens with one attached hydrogen (secondary N) is 2. The van der Waals surface area contributed by atoms with E-state index in [9.17, 15) is 4.39 Å². The smallest absolute Gasteiger partial charge is 0.248 e. The Labute approximate surface area is 217 Å². The molecule has 36 heavy (non-hydrogen) atoms. The van der Waals surface area contributed by atoms with E-state index in [4.69, 9.17) is 18.9 Å². The van der Waals surface area contributed by atoms with Gasteiger partial charge < -0.3 is 29.6 Å². The highest BCUT2D eigenvalue weighted by molar-refractivity contribution is 9.10. The van der Waals surface area contributed by atoms with E-state index in [2.05, 4.69) is 41.4 Å². The number of benzene rings is 2. The molecule has 0 spiro atoms. The third-order valence-electron chi connectivity index (χ3n) is 5.98. The molecule has 190 valence electrons. The van der Waals surface area contributed by atoms with Gasteiger partial charge in [0.15, 0.2) is 17.3 Å². The maximum Gasteiger partial charge on any atom is 0.248 e. The monoisotopic (exact) mass is 559 g/mol. The minimum atomic E-state index is -0.341. The van der Waals surface area contributed by atoms with E-state index in [-0.39, 0.29) is 5.82 Å². The number of hydrogen-bond donors (Lipinski definition) is 2. The molecule has 0 radical (unpaired) electrons. The van der Waals surface area contributed by atoms with E-state index in [1.165, 1.54) is 12.4 Å². The largest absolute Gasteiger partial charge is 0.493 e. The van der Waals surface area contributed by atoms with Gasteiger partial charge in [-0.15, -0.1) is 0 Å². The molecule has 0 amide bonds. The van der Waals surface area contributed by atoms with E-state index in [0.29, 0.717) is 57.9 Å². The van der Waals surface area contributed by atoms with Crippen LogP contribution in [0.15, 0.2) is 41.1 Å². The summed E-state index contributed by atoms with van der Waals surface area (Å²) in [4.78, 5) is 11.0. The molecule has 0 aliphatic carbocycles. The van der Waals surface area contributed by atoms with Crippen LogP contribution in [0.1, 0.15) is 12.0 Å². The lowest BCUT2D eigenvalue weighted by Crippen LogP contribution is -2.37. The van der Waals surface area contributed by atoms with Crippen LogP contribution in [0.3, 0.4) is 0 Å². The van der Waals surface area contributed by atoms with Crippen LogP contribution in [-0.2, 0) is 11.3 Å². The molecule has 0 unspecified atom stereocenters. The van der Waals surface area contributed by atoms with Crippen molar-refractivity contribution in [2.45, 2.75) is 13.0 Å². The molecule has 9 nitrogen and oxygen atoms in total. The summed E-state index contributed by atoms with van der Waals surface area (Å²) in [5, 5.41) is 6.56. The van der Waals surface area contributed by atoms with Crippen LogP contribution < -0.4 is 24.8 Å². The van der Waals surface area contributed by atoms with Crippen LogP contribution in [0.4, 0.5) is 21.6 Å². The van der Waals surface area contributed by atoms with Gasteiger partial charge in [0.25, 0.3) is 0 Å². The first-order valence-electron chi connectivity index (χ1n) is 11.7. The number of ether oxygens (including phenoxy) is 4. The number of methoxy groups -OCH3 is 1. The SMILES string of the molecule is COc1cc2c(cc1OCCCN1CCOCC1)CNc1c(Nc3ccc(F)c(Br)c3)ncnc1O2. The number of halogens is 2. The minimum Gasteiger partial charge on any atom is -0.493 e. The summed E-state index contributed by atoms with van der Waals surface area (Å²) < 4.78 is 37.2. The van der Waals surface area contributed by atoms with Crippen molar-refractivity contribution >= 4 is 33.1 Å². The van der Waals surface area contributed by atoms with Gasteiger partial charge in [-0.05, 0) is 46.6 Å². The number of nitrogens with zero attached hydrogens (tertiary/aromatic N) is 3. The molecular formula is C25H27BrFN5O4.